The van der Waals surface area contributed by atoms with E-state index in [0.29, 0.717) is 4.90 Å². The Balaban J connectivity index is 2.21. The summed E-state index contributed by atoms with van der Waals surface area (Å²) in [6.45, 7) is 0. The summed E-state index contributed by atoms with van der Waals surface area (Å²) in [7, 11) is -1.35. The van der Waals surface area contributed by atoms with Crippen LogP contribution in [0.1, 0.15) is 25.7 Å². The van der Waals surface area contributed by atoms with Gasteiger partial charge in [0, 0.05) is 10.9 Å². The van der Waals surface area contributed by atoms with E-state index in [-0.39, 0.29) is 11.3 Å². The molecule has 0 radical (unpaired) electrons. The van der Waals surface area contributed by atoms with Gasteiger partial charge in [-0.3, -0.25) is 4.21 Å². The van der Waals surface area contributed by atoms with Crippen molar-refractivity contribution in [2.75, 3.05) is 0 Å². The Hall–Kier alpha value is -0.810. The number of hydrogen-bond donors (Lipinski definition) is 1. The number of nitrogens with two attached hydrogens (primary N) is 1. The van der Waals surface area contributed by atoms with E-state index >= 15 is 0 Å². The molecule has 1 aromatic rings. The summed E-state index contributed by atoms with van der Waals surface area (Å²) in [4.78, 5) is 0.325. The van der Waals surface area contributed by atoms with E-state index in [0.717, 1.165) is 37.8 Å². The van der Waals surface area contributed by atoms with Gasteiger partial charge in [-0.1, -0.05) is 12.8 Å². The quantitative estimate of drug-likeness (QED) is 0.886. The lowest BCUT2D eigenvalue weighted by atomic mass is 9.96. The van der Waals surface area contributed by atoms with Crippen molar-refractivity contribution in [3.63, 3.8) is 0 Å². The summed E-state index contributed by atoms with van der Waals surface area (Å²) in [5.41, 5.74) is 5.92. The molecule has 1 fully saturated rings. The lowest BCUT2D eigenvalue weighted by Crippen LogP contribution is -2.40. The molecule has 0 heterocycles. The predicted octanol–water partition coefficient (Wildman–Crippen LogP) is 2.34. The van der Waals surface area contributed by atoms with Crippen LogP contribution in [0.25, 0.3) is 0 Å². The Kier molecular flexibility index (Phi) is 3.89. The molecule has 0 aromatic heterocycles. The van der Waals surface area contributed by atoms with E-state index in [9.17, 15) is 13.0 Å². The molecular formula is C12H15F2NOS. The fourth-order valence-corrected chi connectivity index (χ4v) is 3.77. The molecule has 0 bridgehead atoms. The van der Waals surface area contributed by atoms with Gasteiger partial charge in [-0.15, -0.1) is 0 Å². The maximum absolute atomic E-state index is 13.1. The van der Waals surface area contributed by atoms with Crippen LogP contribution < -0.4 is 5.73 Å². The Morgan fingerprint density at radius 2 is 1.88 bits per heavy atom. The number of hydrogen-bond acceptors (Lipinski definition) is 2. The minimum absolute atomic E-state index is 0.113. The highest BCUT2D eigenvalue weighted by molar-refractivity contribution is 7.85. The topological polar surface area (TPSA) is 43.1 Å². The van der Waals surface area contributed by atoms with Gasteiger partial charge in [0.2, 0.25) is 0 Å². The van der Waals surface area contributed by atoms with Gasteiger partial charge in [-0.05, 0) is 31.0 Å². The largest absolute Gasteiger partial charge is 0.327 e. The second kappa shape index (κ2) is 5.23. The third-order valence-electron chi connectivity index (χ3n) is 3.15. The second-order valence-electron chi connectivity index (χ2n) is 4.36. The summed E-state index contributed by atoms with van der Waals surface area (Å²) in [5.74, 6) is -1.88. The van der Waals surface area contributed by atoms with Crippen molar-refractivity contribution < 1.29 is 13.0 Å². The van der Waals surface area contributed by atoms with Crippen molar-refractivity contribution in [3.05, 3.63) is 29.8 Å². The lowest BCUT2D eigenvalue weighted by molar-refractivity contribution is 0.444. The first-order chi connectivity index (χ1) is 8.09. The Morgan fingerprint density at radius 1 is 1.18 bits per heavy atom. The van der Waals surface area contributed by atoms with Crippen LogP contribution in [-0.2, 0) is 10.8 Å². The predicted molar refractivity (Wildman–Crippen MR) is 63.0 cm³/mol. The normalized spacial score (nSPS) is 26.8. The zero-order chi connectivity index (χ0) is 12.4. The van der Waals surface area contributed by atoms with E-state index in [1.54, 1.807) is 0 Å². The van der Waals surface area contributed by atoms with Crippen molar-refractivity contribution in [2.45, 2.75) is 41.9 Å². The van der Waals surface area contributed by atoms with Crippen LogP contribution in [0.2, 0.25) is 0 Å². The summed E-state index contributed by atoms with van der Waals surface area (Å²) in [6.07, 6.45) is 3.67. The summed E-state index contributed by atoms with van der Waals surface area (Å²) in [5, 5.41) is -0.145. The van der Waals surface area contributed by atoms with E-state index in [2.05, 4.69) is 0 Å². The fraction of sp³-hybridized carbons (Fsp3) is 0.500. The molecule has 0 aliphatic heterocycles. The van der Waals surface area contributed by atoms with Gasteiger partial charge in [0.25, 0.3) is 0 Å². The van der Waals surface area contributed by atoms with Crippen LogP contribution in [0.3, 0.4) is 0 Å². The SMILES string of the molecule is NC1CCCCC1S(=O)c1ccc(F)c(F)c1. The molecule has 2 N–H and O–H groups in total. The number of benzene rings is 1. The van der Waals surface area contributed by atoms with Crippen molar-refractivity contribution in [1.29, 1.82) is 0 Å². The minimum Gasteiger partial charge on any atom is -0.327 e. The maximum atomic E-state index is 13.1. The third kappa shape index (κ3) is 2.72. The molecular weight excluding hydrogens is 244 g/mol. The molecule has 17 heavy (non-hydrogen) atoms. The van der Waals surface area contributed by atoms with Crippen molar-refractivity contribution in [2.24, 2.45) is 5.73 Å². The first kappa shape index (κ1) is 12.6. The van der Waals surface area contributed by atoms with Crippen molar-refractivity contribution in [1.82, 2.24) is 0 Å². The highest BCUT2D eigenvalue weighted by atomic mass is 32.2. The molecule has 94 valence electrons. The zero-order valence-corrected chi connectivity index (χ0v) is 10.2. The van der Waals surface area contributed by atoms with Crippen molar-refractivity contribution in [3.8, 4) is 0 Å². The van der Waals surface area contributed by atoms with Gasteiger partial charge in [0.15, 0.2) is 11.6 Å². The van der Waals surface area contributed by atoms with Gasteiger partial charge in [0.05, 0.1) is 16.0 Å². The highest BCUT2D eigenvalue weighted by Gasteiger charge is 2.28. The van der Waals surface area contributed by atoms with Crippen LogP contribution in [0.4, 0.5) is 8.78 Å². The highest BCUT2D eigenvalue weighted by Crippen LogP contribution is 2.25. The molecule has 3 unspecified atom stereocenters. The fourth-order valence-electron chi connectivity index (χ4n) is 2.17. The molecule has 0 saturated heterocycles. The van der Waals surface area contributed by atoms with Crippen LogP contribution in [0, 0.1) is 11.6 Å². The van der Waals surface area contributed by atoms with Crippen LogP contribution in [-0.4, -0.2) is 15.5 Å². The third-order valence-corrected chi connectivity index (χ3v) is 5.01. The van der Waals surface area contributed by atoms with E-state index in [1.165, 1.54) is 6.07 Å². The summed E-state index contributed by atoms with van der Waals surface area (Å²) in [6, 6.07) is 3.28. The molecule has 1 aromatic carbocycles. The average molecular weight is 259 g/mol. The monoisotopic (exact) mass is 259 g/mol. The lowest BCUT2D eigenvalue weighted by Gasteiger charge is -2.27. The number of halogens is 2. The standard InChI is InChI=1S/C12H15F2NOS/c13-9-6-5-8(7-10(9)14)17(16)12-4-2-1-3-11(12)15/h5-7,11-12H,1-4,15H2. The van der Waals surface area contributed by atoms with Crippen molar-refractivity contribution >= 4 is 10.8 Å². The molecule has 3 atom stereocenters. The van der Waals surface area contributed by atoms with E-state index < -0.39 is 22.4 Å². The van der Waals surface area contributed by atoms with Gasteiger partial charge in [-0.25, -0.2) is 8.78 Å². The Morgan fingerprint density at radius 3 is 2.53 bits per heavy atom. The van der Waals surface area contributed by atoms with Gasteiger partial charge in [0.1, 0.15) is 0 Å². The molecule has 1 saturated carbocycles. The zero-order valence-electron chi connectivity index (χ0n) is 9.36. The molecule has 1 aliphatic rings. The number of rotatable bonds is 2. The van der Waals surface area contributed by atoms with Gasteiger partial charge >= 0.3 is 0 Å². The summed E-state index contributed by atoms with van der Waals surface area (Å²) >= 11 is 0. The molecule has 1 aliphatic carbocycles. The Bertz CT molecular complexity index is 439. The maximum Gasteiger partial charge on any atom is 0.160 e. The van der Waals surface area contributed by atoms with Gasteiger partial charge < -0.3 is 5.73 Å². The van der Waals surface area contributed by atoms with Crippen LogP contribution >= 0.6 is 0 Å². The van der Waals surface area contributed by atoms with Crippen LogP contribution in [0.5, 0.6) is 0 Å². The van der Waals surface area contributed by atoms with E-state index in [4.69, 9.17) is 5.73 Å². The van der Waals surface area contributed by atoms with E-state index in [1.807, 2.05) is 0 Å². The molecule has 2 nitrogen and oxygen atoms in total. The molecule has 0 amide bonds. The Labute approximate surface area is 102 Å². The smallest absolute Gasteiger partial charge is 0.160 e. The summed E-state index contributed by atoms with van der Waals surface area (Å²) < 4.78 is 38.1. The first-order valence-electron chi connectivity index (χ1n) is 5.71. The first-order valence-corrected chi connectivity index (χ1v) is 6.92. The van der Waals surface area contributed by atoms with Gasteiger partial charge in [-0.2, -0.15) is 0 Å². The molecule has 0 spiro atoms. The average Bonchev–Trinajstić information content (AvgIpc) is 2.32. The molecule has 5 heteroatoms. The second-order valence-corrected chi connectivity index (χ2v) is 6.03. The van der Waals surface area contributed by atoms with Crippen LogP contribution in [0.15, 0.2) is 23.1 Å². The minimum atomic E-state index is -1.35. The molecule has 2 rings (SSSR count).